The quantitative estimate of drug-likeness (QED) is 0.494. The fourth-order valence-electron chi connectivity index (χ4n) is 2.95. The smallest absolute Gasteiger partial charge is 0.339 e. The van der Waals surface area contributed by atoms with E-state index in [1.807, 2.05) is 65.7 Å². The Bertz CT molecular complexity index is 1110. The third-order valence-corrected chi connectivity index (χ3v) is 5.10. The summed E-state index contributed by atoms with van der Waals surface area (Å²) in [6.07, 6.45) is 6.26. The zero-order valence-electron chi connectivity index (χ0n) is 15.7. The highest BCUT2D eigenvalue weighted by molar-refractivity contribution is 7.13. The third kappa shape index (κ3) is 5.22. The molecule has 0 unspecified atom stereocenters. The van der Waals surface area contributed by atoms with Crippen LogP contribution in [-0.4, -0.2) is 31.7 Å². The van der Waals surface area contributed by atoms with Crippen LogP contribution in [0, 0.1) is 6.92 Å². The molecule has 29 heavy (non-hydrogen) atoms. The molecule has 4 rings (SSSR count). The molecule has 0 spiro atoms. The van der Waals surface area contributed by atoms with Crippen LogP contribution in [0.3, 0.4) is 0 Å². The number of hydrogen-bond donors (Lipinski definition) is 1. The van der Waals surface area contributed by atoms with Crippen molar-refractivity contribution in [3.8, 4) is 10.6 Å². The van der Waals surface area contributed by atoms with E-state index < -0.39 is 0 Å². The van der Waals surface area contributed by atoms with Crippen LogP contribution in [0.15, 0.2) is 60.4 Å². The topological polar surface area (TPSA) is 97.7 Å². The first-order valence-corrected chi connectivity index (χ1v) is 9.65. The minimum absolute atomic E-state index is 0.120. The molecule has 8 heteroatoms. The van der Waals surface area contributed by atoms with Crippen molar-refractivity contribution in [2.75, 3.05) is 0 Å². The molecule has 0 amide bonds. The van der Waals surface area contributed by atoms with Gasteiger partial charge in [-0.05, 0) is 24.1 Å². The van der Waals surface area contributed by atoms with E-state index in [0.717, 1.165) is 33.1 Å². The van der Waals surface area contributed by atoms with Gasteiger partial charge in [0.15, 0.2) is 5.78 Å². The van der Waals surface area contributed by atoms with Crippen LogP contribution in [0.5, 0.6) is 0 Å². The van der Waals surface area contributed by atoms with E-state index in [4.69, 9.17) is 9.59 Å². The van der Waals surface area contributed by atoms with Gasteiger partial charge in [0.05, 0.1) is 24.1 Å². The van der Waals surface area contributed by atoms with Crippen molar-refractivity contribution in [3.05, 3.63) is 82.9 Å². The number of thiazole rings is 1. The number of rotatable bonds is 6. The lowest BCUT2D eigenvalue weighted by Crippen LogP contribution is -2.11. The van der Waals surface area contributed by atoms with Crippen LogP contribution >= 0.6 is 11.3 Å². The minimum atomic E-state index is 0.120. The Balaban J connectivity index is 0.000000755. The van der Waals surface area contributed by atoms with Gasteiger partial charge in [0.2, 0.25) is 0 Å². The summed E-state index contributed by atoms with van der Waals surface area (Å²) >= 11 is 1.58. The molecule has 7 nitrogen and oxygen atoms in total. The number of Topliss-reactive ketones (excluding diaryl/α,β-unsaturated/α-hetero) is 1. The molecule has 0 radical (unpaired) electrons. The standard InChI is InChI=1S/C20H18N4OS.CO2/c1-14-7-18(19(25)8-15-5-3-2-4-6-15)24(11-14)12-17-13-26-20(23-17)16-9-21-22-10-16;2-1-3/h2-7,9-11,13H,8,12H2,1H3,(H,21,22);. The van der Waals surface area contributed by atoms with Crippen molar-refractivity contribution in [2.24, 2.45) is 0 Å². The van der Waals surface area contributed by atoms with Gasteiger partial charge in [-0.3, -0.25) is 9.89 Å². The summed E-state index contributed by atoms with van der Waals surface area (Å²) in [6, 6.07) is 11.8. The first-order valence-electron chi connectivity index (χ1n) is 8.77. The van der Waals surface area contributed by atoms with Crippen molar-refractivity contribution in [2.45, 2.75) is 19.9 Å². The van der Waals surface area contributed by atoms with Crippen molar-refractivity contribution in [1.82, 2.24) is 19.7 Å². The van der Waals surface area contributed by atoms with Crippen LogP contribution in [0.4, 0.5) is 0 Å². The zero-order chi connectivity index (χ0) is 20.6. The van der Waals surface area contributed by atoms with Crippen molar-refractivity contribution in [1.29, 1.82) is 0 Å². The molecule has 3 heterocycles. The van der Waals surface area contributed by atoms with Crippen LogP contribution in [0.1, 0.15) is 27.3 Å². The van der Waals surface area contributed by atoms with Gasteiger partial charge < -0.3 is 4.57 Å². The van der Waals surface area contributed by atoms with E-state index in [9.17, 15) is 4.79 Å². The number of aryl methyl sites for hydroxylation is 1. The molecule has 3 aromatic heterocycles. The Morgan fingerprint density at radius 1 is 1.24 bits per heavy atom. The van der Waals surface area contributed by atoms with Crippen LogP contribution < -0.4 is 0 Å². The minimum Gasteiger partial charge on any atom is -0.339 e. The molecule has 1 N–H and O–H groups in total. The highest BCUT2D eigenvalue weighted by Gasteiger charge is 2.15. The van der Waals surface area contributed by atoms with Gasteiger partial charge in [0.25, 0.3) is 0 Å². The average Bonchev–Trinajstić information content (AvgIpc) is 3.44. The van der Waals surface area contributed by atoms with Crippen molar-refractivity contribution < 1.29 is 14.4 Å². The van der Waals surface area contributed by atoms with Gasteiger partial charge in [0, 0.05) is 29.8 Å². The maximum atomic E-state index is 12.8. The van der Waals surface area contributed by atoms with Crippen LogP contribution in [0.2, 0.25) is 0 Å². The van der Waals surface area contributed by atoms with Gasteiger partial charge in [-0.2, -0.15) is 14.7 Å². The van der Waals surface area contributed by atoms with Gasteiger partial charge in [-0.15, -0.1) is 11.3 Å². The average molecular weight is 406 g/mol. The normalized spacial score (nSPS) is 10.1. The first-order chi connectivity index (χ1) is 14.1. The number of H-pyrrole nitrogens is 1. The molecule has 0 saturated carbocycles. The summed E-state index contributed by atoms with van der Waals surface area (Å²) in [4.78, 5) is 33.7. The van der Waals surface area contributed by atoms with E-state index >= 15 is 0 Å². The number of ketones is 1. The number of benzene rings is 1. The predicted molar refractivity (Wildman–Crippen MR) is 107 cm³/mol. The second-order valence-corrected chi connectivity index (χ2v) is 7.19. The Hall–Kier alpha value is -3.61. The van der Waals surface area contributed by atoms with E-state index in [-0.39, 0.29) is 11.9 Å². The fraction of sp³-hybridized carbons (Fsp3) is 0.143. The number of carbonyl (C=O) groups is 1. The van der Waals surface area contributed by atoms with E-state index in [2.05, 4.69) is 15.2 Å². The number of aromatic nitrogens is 4. The highest BCUT2D eigenvalue weighted by Crippen LogP contribution is 2.23. The van der Waals surface area contributed by atoms with Gasteiger partial charge in [-0.1, -0.05) is 30.3 Å². The predicted octanol–water partition coefficient (Wildman–Crippen LogP) is 3.53. The Kier molecular flexibility index (Phi) is 6.63. The molecule has 146 valence electrons. The maximum absolute atomic E-state index is 12.8. The lowest BCUT2D eigenvalue weighted by atomic mass is 10.1. The van der Waals surface area contributed by atoms with Crippen molar-refractivity contribution in [3.63, 3.8) is 0 Å². The van der Waals surface area contributed by atoms with Gasteiger partial charge in [0.1, 0.15) is 5.01 Å². The summed E-state index contributed by atoms with van der Waals surface area (Å²) in [5.41, 5.74) is 4.75. The second-order valence-electron chi connectivity index (χ2n) is 6.33. The molecule has 4 aromatic rings. The summed E-state index contributed by atoms with van der Waals surface area (Å²) in [5.74, 6) is 0.120. The van der Waals surface area contributed by atoms with Crippen LogP contribution in [0.25, 0.3) is 10.6 Å². The number of nitrogens with zero attached hydrogens (tertiary/aromatic N) is 3. The van der Waals surface area contributed by atoms with Gasteiger partial charge >= 0.3 is 6.15 Å². The zero-order valence-corrected chi connectivity index (χ0v) is 16.5. The summed E-state index contributed by atoms with van der Waals surface area (Å²) in [6.45, 7) is 2.59. The number of aromatic amines is 1. The molecule has 1 aromatic carbocycles. The van der Waals surface area contributed by atoms with E-state index in [1.54, 1.807) is 17.5 Å². The monoisotopic (exact) mass is 406 g/mol. The van der Waals surface area contributed by atoms with E-state index in [1.165, 1.54) is 0 Å². The fourth-order valence-corrected chi connectivity index (χ4v) is 3.74. The Morgan fingerprint density at radius 3 is 2.69 bits per heavy atom. The number of hydrogen-bond acceptors (Lipinski definition) is 6. The SMILES string of the molecule is Cc1cc(C(=O)Cc2ccccc2)n(Cc2csc(-c3cn[nH]c3)n2)c1.O=C=O. The summed E-state index contributed by atoms with van der Waals surface area (Å²) in [5, 5.41) is 9.73. The lowest BCUT2D eigenvalue weighted by Gasteiger charge is -2.07. The summed E-state index contributed by atoms with van der Waals surface area (Å²) < 4.78 is 1.99. The number of carbonyl (C=O) groups excluding carboxylic acids is 3. The Morgan fingerprint density at radius 2 is 2.00 bits per heavy atom. The molecule has 0 aliphatic rings. The maximum Gasteiger partial charge on any atom is 0.373 e. The third-order valence-electron chi connectivity index (χ3n) is 4.16. The molecule has 0 atom stereocenters. The van der Waals surface area contributed by atoms with E-state index in [0.29, 0.717) is 13.0 Å². The molecule has 0 saturated heterocycles. The first kappa shape index (κ1) is 20.1. The molecular formula is C21H18N4O3S. The number of nitrogens with one attached hydrogen (secondary N) is 1. The molecule has 0 aliphatic heterocycles. The van der Waals surface area contributed by atoms with Crippen molar-refractivity contribution >= 4 is 23.3 Å². The lowest BCUT2D eigenvalue weighted by molar-refractivity contribution is -0.191. The largest absolute Gasteiger partial charge is 0.373 e. The molecule has 0 bridgehead atoms. The summed E-state index contributed by atoms with van der Waals surface area (Å²) in [7, 11) is 0. The molecule has 0 aliphatic carbocycles. The highest BCUT2D eigenvalue weighted by atomic mass is 32.1. The molecule has 0 fully saturated rings. The molecular weight excluding hydrogens is 388 g/mol. The van der Waals surface area contributed by atoms with Crippen LogP contribution in [-0.2, 0) is 22.6 Å². The Labute approximate surface area is 171 Å². The van der Waals surface area contributed by atoms with Gasteiger partial charge in [-0.25, -0.2) is 4.98 Å². The second kappa shape index (κ2) is 9.54.